The summed E-state index contributed by atoms with van der Waals surface area (Å²) in [6, 6.07) is 19.1. The first-order valence-electron chi connectivity index (χ1n) is 6.31. The Morgan fingerprint density at radius 1 is 0.889 bits per heavy atom. The third kappa shape index (κ3) is 1.88. The van der Waals surface area contributed by atoms with Crippen LogP contribution in [0, 0.1) is 0 Å². The third-order valence-electron chi connectivity index (χ3n) is 3.31. The Kier molecular flexibility index (Phi) is 2.81. The Bertz CT molecular complexity index is 663. The van der Waals surface area contributed by atoms with Gasteiger partial charge in [0.05, 0.1) is 5.69 Å². The quantitative estimate of drug-likeness (QED) is 0.636. The van der Waals surface area contributed by atoms with Crippen molar-refractivity contribution in [1.82, 2.24) is 4.98 Å². The minimum Gasteiger partial charge on any atom is -0.256 e. The molecule has 3 rings (SSSR count). The number of hydrogen-bond donors (Lipinski definition) is 0. The predicted molar refractivity (Wildman–Crippen MR) is 76.6 cm³/mol. The average molecular weight is 233 g/mol. The number of pyridine rings is 1. The van der Waals surface area contributed by atoms with E-state index >= 15 is 0 Å². The first kappa shape index (κ1) is 11.0. The maximum atomic E-state index is 4.53. The predicted octanol–water partition coefficient (Wildman–Crippen LogP) is 4.46. The Morgan fingerprint density at radius 3 is 2.44 bits per heavy atom. The van der Waals surface area contributed by atoms with Gasteiger partial charge in [0.1, 0.15) is 0 Å². The van der Waals surface area contributed by atoms with E-state index in [1.165, 1.54) is 21.9 Å². The van der Waals surface area contributed by atoms with Crippen molar-refractivity contribution in [2.24, 2.45) is 0 Å². The highest BCUT2D eigenvalue weighted by atomic mass is 14.7. The van der Waals surface area contributed by atoms with Crippen molar-refractivity contribution in [3.05, 3.63) is 66.4 Å². The van der Waals surface area contributed by atoms with E-state index in [-0.39, 0.29) is 0 Å². The van der Waals surface area contributed by atoms with Gasteiger partial charge in [-0.05, 0) is 23.4 Å². The second kappa shape index (κ2) is 4.61. The summed E-state index contributed by atoms with van der Waals surface area (Å²) in [5.74, 6) is 0. The number of fused-ring (bicyclic) bond motifs is 1. The van der Waals surface area contributed by atoms with Gasteiger partial charge in [-0.2, -0.15) is 0 Å². The largest absolute Gasteiger partial charge is 0.256 e. The molecule has 0 saturated heterocycles. The molecule has 0 aliphatic heterocycles. The standard InChI is InChI=1S/C17H15N/c1-2-13-7-9-15(10-8-13)17-16-6-4-3-5-14(16)11-12-18-17/h3-12H,2H2,1H3. The van der Waals surface area contributed by atoms with Crippen LogP contribution >= 0.6 is 0 Å². The van der Waals surface area contributed by atoms with Gasteiger partial charge in [0.15, 0.2) is 0 Å². The molecule has 0 fully saturated rings. The lowest BCUT2D eigenvalue weighted by molar-refractivity contribution is 1.14. The maximum Gasteiger partial charge on any atom is 0.0780 e. The molecule has 1 nitrogen and oxygen atoms in total. The lowest BCUT2D eigenvalue weighted by Gasteiger charge is -2.06. The van der Waals surface area contributed by atoms with Crippen LogP contribution in [0.3, 0.4) is 0 Å². The average Bonchev–Trinajstić information content (AvgIpc) is 2.47. The molecule has 0 atom stereocenters. The zero-order valence-corrected chi connectivity index (χ0v) is 10.4. The number of rotatable bonds is 2. The van der Waals surface area contributed by atoms with Crippen LogP contribution in [-0.4, -0.2) is 4.98 Å². The van der Waals surface area contributed by atoms with Crippen molar-refractivity contribution in [3.63, 3.8) is 0 Å². The molecule has 0 spiro atoms. The van der Waals surface area contributed by atoms with E-state index in [1.54, 1.807) is 0 Å². The van der Waals surface area contributed by atoms with Crippen LogP contribution in [0.25, 0.3) is 22.0 Å². The molecule has 1 heteroatoms. The van der Waals surface area contributed by atoms with Crippen LogP contribution in [0.5, 0.6) is 0 Å². The van der Waals surface area contributed by atoms with Crippen LogP contribution in [0.2, 0.25) is 0 Å². The minimum atomic E-state index is 1.07. The minimum absolute atomic E-state index is 1.07. The molecule has 0 radical (unpaired) electrons. The Morgan fingerprint density at radius 2 is 1.67 bits per heavy atom. The van der Waals surface area contributed by atoms with Gasteiger partial charge < -0.3 is 0 Å². The zero-order chi connectivity index (χ0) is 12.4. The molecule has 88 valence electrons. The molecule has 1 heterocycles. The van der Waals surface area contributed by atoms with Gasteiger partial charge in [-0.3, -0.25) is 4.98 Å². The van der Waals surface area contributed by atoms with E-state index in [1.807, 2.05) is 6.20 Å². The molecular weight excluding hydrogens is 218 g/mol. The van der Waals surface area contributed by atoms with E-state index in [0.29, 0.717) is 0 Å². The van der Waals surface area contributed by atoms with Gasteiger partial charge in [-0.1, -0.05) is 55.5 Å². The van der Waals surface area contributed by atoms with E-state index in [2.05, 4.69) is 66.5 Å². The van der Waals surface area contributed by atoms with E-state index in [0.717, 1.165) is 12.1 Å². The van der Waals surface area contributed by atoms with E-state index in [4.69, 9.17) is 0 Å². The molecule has 0 aliphatic carbocycles. The first-order valence-corrected chi connectivity index (χ1v) is 6.31. The third-order valence-corrected chi connectivity index (χ3v) is 3.31. The van der Waals surface area contributed by atoms with Gasteiger partial charge in [0, 0.05) is 17.1 Å². The number of aryl methyl sites for hydroxylation is 1. The van der Waals surface area contributed by atoms with Gasteiger partial charge in [0.25, 0.3) is 0 Å². The fourth-order valence-corrected chi connectivity index (χ4v) is 2.25. The molecule has 0 aliphatic rings. The highest BCUT2D eigenvalue weighted by Gasteiger charge is 2.04. The van der Waals surface area contributed by atoms with Gasteiger partial charge in [0.2, 0.25) is 0 Å². The Labute approximate surface area is 107 Å². The van der Waals surface area contributed by atoms with Crippen molar-refractivity contribution < 1.29 is 0 Å². The van der Waals surface area contributed by atoms with Gasteiger partial charge in [-0.15, -0.1) is 0 Å². The second-order valence-electron chi connectivity index (χ2n) is 4.43. The molecule has 0 N–H and O–H groups in total. The smallest absolute Gasteiger partial charge is 0.0780 e. The molecule has 18 heavy (non-hydrogen) atoms. The van der Waals surface area contributed by atoms with Crippen LogP contribution in [0.15, 0.2) is 60.8 Å². The van der Waals surface area contributed by atoms with Gasteiger partial charge >= 0.3 is 0 Å². The lowest BCUT2D eigenvalue weighted by atomic mass is 10.0. The molecule has 0 unspecified atom stereocenters. The Hall–Kier alpha value is -2.15. The Balaban J connectivity index is 2.18. The van der Waals surface area contributed by atoms with Crippen LogP contribution in [-0.2, 0) is 6.42 Å². The van der Waals surface area contributed by atoms with Crippen molar-refractivity contribution in [2.75, 3.05) is 0 Å². The fraction of sp³-hybridized carbons (Fsp3) is 0.118. The number of aromatic nitrogens is 1. The zero-order valence-electron chi connectivity index (χ0n) is 10.4. The highest BCUT2D eigenvalue weighted by molar-refractivity contribution is 5.94. The second-order valence-corrected chi connectivity index (χ2v) is 4.43. The van der Waals surface area contributed by atoms with Crippen LogP contribution < -0.4 is 0 Å². The molecule has 2 aromatic carbocycles. The summed E-state index contributed by atoms with van der Waals surface area (Å²) in [6.45, 7) is 2.17. The molecular formula is C17H15N. The summed E-state index contributed by atoms with van der Waals surface area (Å²) in [7, 11) is 0. The summed E-state index contributed by atoms with van der Waals surface area (Å²) in [4.78, 5) is 4.53. The SMILES string of the molecule is CCc1ccc(-c2nccc3ccccc23)cc1. The molecule has 3 aromatic rings. The summed E-state index contributed by atoms with van der Waals surface area (Å²) in [6.07, 6.45) is 2.95. The van der Waals surface area contributed by atoms with Gasteiger partial charge in [-0.25, -0.2) is 0 Å². The first-order chi connectivity index (χ1) is 8.88. The van der Waals surface area contributed by atoms with Crippen molar-refractivity contribution in [1.29, 1.82) is 0 Å². The molecule has 0 bridgehead atoms. The monoisotopic (exact) mass is 233 g/mol. The maximum absolute atomic E-state index is 4.53. The van der Waals surface area contributed by atoms with Crippen molar-refractivity contribution in [2.45, 2.75) is 13.3 Å². The molecule has 0 saturated carbocycles. The summed E-state index contributed by atoms with van der Waals surface area (Å²) in [5, 5.41) is 2.45. The number of benzene rings is 2. The summed E-state index contributed by atoms with van der Waals surface area (Å²) in [5.41, 5.74) is 3.61. The molecule has 1 aromatic heterocycles. The summed E-state index contributed by atoms with van der Waals surface area (Å²) >= 11 is 0. The fourth-order valence-electron chi connectivity index (χ4n) is 2.25. The van der Waals surface area contributed by atoms with Crippen molar-refractivity contribution >= 4 is 10.8 Å². The number of nitrogens with zero attached hydrogens (tertiary/aromatic N) is 1. The van der Waals surface area contributed by atoms with Crippen LogP contribution in [0.1, 0.15) is 12.5 Å². The number of hydrogen-bond acceptors (Lipinski definition) is 1. The highest BCUT2D eigenvalue weighted by Crippen LogP contribution is 2.26. The topological polar surface area (TPSA) is 12.9 Å². The van der Waals surface area contributed by atoms with Crippen molar-refractivity contribution in [3.8, 4) is 11.3 Å². The summed E-state index contributed by atoms with van der Waals surface area (Å²) < 4.78 is 0. The normalized spacial score (nSPS) is 10.7. The van der Waals surface area contributed by atoms with Crippen LogP contribution in [0.4, 0.5) is 0 Å². The molecule has 0 amide bonds. The van der Waals surface area contributed by atoms with E-state index < -0.39 is 0 Å². The van der Waals surface area contributed by atoms with E-state index in [9.17, 15) is 0 Å². The lowest BCUT2D eigenvalue weighted by Crippen LogP contribution is -1.86.